The summed E-state index contributed by atoms with van der Waals surface area (Å²) in [5.74, 6) is 1.36. The molecule has 3 aromatic rings. The number of aromatic nitrogens is 5. The highest BCUT2D eigenvalue weighted by atomic mass is 16.1. The van der Waals surface area contributed by atoms with Gasteiger partial charge in [-0.3, -0.25) is 9.48 Å². The molecule has 0 radical (unpaired) electrons. The summed E-state index contributed by atoms with van der Waals surface area (Å²) in [6, 6.07) is 12.4. The molecule has 0 amide bonds. The number of carbonyl (C=O) groups excluding carboxylic acids is 1. The van der Waals surface area contributed by atoms with Gasteiger partial charge in [0.1, 0.15) is 5.82 Å². The minimum absolute atomic E-state index is 0.0664. The van der Waals surface area contributed by atoms with Gasteiger partial charge in [0, 0.05) is 18.8 Å². The molecule has 1 aromatic carbocycles. The van der Waals surface area contributed by atoms with Crippen LogP contribution in [0.25, 0.3) is 0 Å². The lowest BCUT2D eigenvalue weighted by Crippen LogP contribution is -2.24. The van der Waals surface area contributed by atoms with Crippen LogP contribution in [-0.4, -0.2) is 30.3 Å². The summed E-state index contributed by atoms with van der Waals surface area (Å²) < 4.78 is 3.79. The number of rotatable bonds is 5. The van der Waals surface area contributed by atoms with Gasteiger partial charge in [0.15, 0.2) is 0 Å². The monoisotopic (exact) mass is 333 g/mol. The van der Waals surface area contributed by atoms with Crippen LogP contribution in [0.4, 0.5) is 0 Å². The molecule has 6 heteroatoms. The van der Waals surface area contributed by atoms with Gasteiger partial charge >= 0.3 is 0 Å². The SMILES string of the molecule is O=C(c1nc2n(n1)C(c1ccccc1)CC2)C1(Cn2cccn2)CC1. The number of hydrogen-bond acceptors (Lipinski definition) is 4. The third-order valence-corrected chi connectivity index (χ3v) is 5.38. The molecular weight excluding hydrogens is 314 g/mol. The van der Waals surface area contributed by atoms with Crippen LogP contribution in [0, 0.1) is 5.41 Å². The van der Waals surface area contributed by atoms with Crippen LogP contribution in [0.3, 0.4) is 0 Å². The molecule has 25 heavy (non-hydrogen) atoms. The summed E-state index contributed by atoms with van der Waals surface area (Å²) >= 11 is 0. The maximum absolute atomic E-state index is 13.0. The van der Waals surface area contributed by atoms with Crippen LogP contribution >= 0.6 is 0 Å². The number of carbonyl (C=O) groups is 1. The Kier molecular flexibility index (Phi) is 3.13. The smallest absolute Gasteiger partial charge is 0.218 e. The van der Waals surface area contributed by atoms with E-state index in [9.17, 15) is 4.79 Å². The van der Waals surface area contributed by atoms with Crippen molar-refractivity contribution >= 4 is 5.78 Å². The molecule has 0 bridgehead atoms. The Balaban J connectivity index is 1.42. The highest BCUT2D eigenvalue weighted by Crippen LogP contribution is 2.49. The van der Waals surface area contributed by atoms with Crippen LogP contribution in [0.2, 0.25) is 0 Å². The molecule has 6 nitrogen and oxygen atoms in total. The van der Waals surface area contributed by atoms with E-state index in [0.29, 0.717) is 12.4 Å². The second-order valence-corrected chi connectivity index (χ2v) is 7.07. The van der Waals surface area contributed by atoms with Gasteiger partial charge in [-0.25, -0.2) is 9.67 Å². The molecule has 126 valence electrons. The van der Waals surface area contributed by atoms with Crippen molar-refractivity contribution < 1.29 is 4.79 Å². The summed E-state index contributed by atoms with van der Waals surface area (Å²) in [5, 5.41) is 8.85. The van der Waals surface area contributed by atoms with E-state index >= 15 is 0 Å². The first kappa shape index (κ1) is 14.6. The summed E-state index contributed by atoms with van der Waals surface area (Å²) in [7, 11) is 0. The standard InChI is InChI=1S/C19H19N5O/c25-17(19(9-10-19)13-23-12-4-11-20-23)18-21-16-8-7-15(24(16)22-18)14-5-2-1-3-6-14/h1-6,11-12,15H,7-10,13H2. The van der Waals surface area contributed by atoms with Gasteiger partial charge in [0.05, 0.1) is 18.0 Å². The zero-order valence-corrected chi connectivity index (χ0v) is 13.9. The molecule has 1 fully saturated rings. The van der Waals surface area contributed by atoms with E-state index in [1.54, 1.807) is 6.20 Å². The molecular formula is C19H19N5O. The number of nitrogens with zero attached hydrogens (tertiary/aromatic N) is 5. The highest BCUT2D eigenvalue weighted by Gasteiger charge is 2.52. The van der Waals surface area contributed by atoms with Crippen molar-refractivity contribution in [2.24, 2.45) is 5.41 Å². The lowest BCUT2D eigenvalue weighted by atomic mass is 10.0. The summed E-state index contributed by atoms with van der Waals surface area (Å²) in [6.07, 6.45) is 7.28. The fraction of sp³-hybridized carbons (Fsp3) is 0.368. The van der Waals surface area contributed by atoms with Crippen LogP contribution in [0.1, 0.15) is 47.3 Å². The van der Waals surface area contributed by atoms with Gasteiger partial charge in [-0.2, -0.15) is 5.10 Å². The van der Waals surface area contributed by atoms with Crippen molar-refractivity contribution in [1.82, 2.24) is 24.5 Å². The topological polar surface area (TPSA) is 65.6 Å². The van der Waals surface area contributed by atoms with E-state index < -0.39 is 0 Å². The van der Waals surface area contributed by atoms with Crippen LogP contribution < -0.4 is 0 Å². The van der Waals surface area contributed by atoms with Crippen LogP contribution in [0.5, 0.6) is 0 Å². The minimum atomic E-state index is -0.364. The predicted octanol–water partition coefficient (Wildman–Crippen LogP) is 2.67. The van der Waals surface area contributed by atoms with Gasteiger partial charge in [-0.05, 0) is 30.9 Å². The number of benzene rings is 1. The number of fused-ring (bicyclic) bond motifs is 1. The number of Topliss-reactive ketones (excluding diaryl/α,β-unsaturated/α-hetero) is 1. The average Bonchev–Trinajstić information content (AvgIpc) is 2.99. The van der Waals surface area contributed by atoms with E-state index in [2.05, 4.69) is 27.3 Å². The first-order valence-corrected chi connectivity index (χ1v) is 8.78. The zero-order valence-electron chi connectivity index (χ0n) is 13.9. The molecule has 5 rings (SSSR count). The van der Waals surface area contributed by atoms with Crippen molar-refractivity contribution in [2.75, 3.05) is 0 Å². The van der Waals surface area contributed by atoms with Crippen LogP contribution in [-0.2, 0) is 13.0 Å². The van der Waals surface area contributed by atoms with Crippen molar-refractivity contribution in [1.29, 1.82) is 0 Å². The number of hydrogen-bond donors (Lipinski definition) is 0. The molecule has 3 heterocycles. The molecule has 0 saturated heterocycles. The molecule has 1 atom stereocenters. The van der Waals surface area contributed by atoms with Crippen molar-refractivity contribution in [3.05, 3.63) is 66.0 Å². The van der Waals surface area contributed by atoms with Gasteiger partial charge in [-0.15, -0.1) is 5.10 Å². The number of aryl methyl sites for hydroxylation is 1. The lowest BCUT2D eigenvalue weighted by molar-refractivity contribution is 0.0869. The van der Waals surface area contributed by atoms with Crippen molar-refractivity contribution in [2.45, 2.75) is 38.3 Å². The van der Waals surface area contributed by atoms with Crippen molar-refractivity contribution in [3.8, 4) is 0 Å². The zero-order chi connectivity index (χ0) is 16.9. The maximum Gasteiger partial charge on any atom is 0.218 e. The highest BCUT2D eigenvalue weighted by molar-refractivity contribution is 5.99. The Morgan fingerprint density at radius 2 is 2.04 bits per heavy atom. The van der Waals surface area contributed by atoms with E-state index in [4.69, 9.17) is 0 Å². The fourth-order valence-electron chi connectivity index (χ4n) is 3.79. The van der Waals surface area contributed by atoms with Gasteiger partial charge in [-0.1, -0.05) is 30.3 Å². The lowest BCUT2D eigenvalue weighted by Gasteiger charge is -2.13. The Morgan fingerprint density at radius 1 is 1.20 bits per heavy atom. The quantitative estimate of drug-likeness (QED) is 0.673. The summed E-state index contributed by atoms with van der Waals surface area (Å²) in [5.41, 5.74) is 0.861. The third-order valence-electron chi connectivity index (χ3n) is 5.38. The van der Waals surface area contributed by atoms with E-state index in [1.807, 2.05) is 39.8 Å². The minimum Gasteiger partial charge on any atom is -0.290 e. The first-order chi connectivity index (χ1) is 12.3. The largest absolute Gasteiger partial charge is 0.290 e. The fourth-order valence-corrected chi connectivity index (χ4v) is 3.79. The Labute approximate surface area is 145 Å². The summed E-state index contributed by atoms with van der Waals surface area (Å²) in [4.78, 5) is 17.6. The molecule has 0 spiro atoms. The maximum atomic E-state index is 13.0. The molecule has 1 unspecified atom stereocenters. The summed E-state index contributed by atoms with van der Waals surface area (Å²) in [6.45, 7) is 0.616. The molecule has 1 aliphatic heterocycles. The van der Waals surface area contributed by atoms with E-state index in [1.165, 1.54) is 5.56 Å². The molecule has 2 aromatic heterocycles. The normalized spacial score (nSPS) is 20.4. The Morgan fingerprint density at radius 3 is 2.76 bits per heavy atom. The second kappa shape index (κ2) is 5.37. The second-order valence-electron chi connectivity index (χ2n) is 7.07. The van der Waals surface area contributed by atoms with E-state index in [0.717, 1.165) is 31.5 Å². The first-order valence-electron chi connectivity index (χ1n) is 8.78. The third kappa shape index (κ3) is 2.40. The Bertz CT molecular complexity index is 909. The van der Waals surface area contributed by atoms with Gasteiger partial charge in [0.25, 0.3) is 0 Å². The van der Waals surface area contributed by atoms with Gasteiger partial charge in [0.2, 0.25) is 11.6 Å². The van der Waals surface area contributed by atoms with E-state index in [-0.39, 0.29) is 17.2 Å². The average molecular weight is 333 g/mol. The molecule has 1 aliphatic carbocycles. The predicted molar refractivity (Wildman–Crippen MR) is 91.1 cm³/mol. The van der Waals surface area contributed by atoms with Gasteiger partial charge < -0.3 is 0 Å². The molecule has 0 N–H and O–H groups in total. The number of ketones is 1. The van der Waals surface area contributed by atoms with Crippen molar-refractivity contribution in [3.63, 3.8) is 0 Å². The molecule has 1 saturated carbocycles. The van der Waals surface area contributed by atoms with Crippen LogP contribution in [0.15, 0.2) is 48.8 Å². The Hall–Kier alpha value is -2.76. The molecule has 2 aliphatic rings.